The first-order valence-electron chi connectivity index (χ1n) is 2.97. The summed E-state index contributed by atoms with van der Waals surface area (Å²) in [4.78, 5) is 0. The van der Waals surface area contributed by atoms with Gasteiger partial charge in [0.05, 0.1) is 21.7 Å². The van der Waals surface area contributed by atoms with E-state index in [2.05, 4.69) is 21.2 Å². The predicted octanol–water partition coefficient (Wildman–Crippen LogP) is 2.19. The fourth-order valence-electron chi connectivity index (χ4n) is 0.934. The van der Waals surface area contributed by atoms with Crippen LogP contribution in [0.3, 0.4) is 0 Å². The Morgan fingerprint density at radius 2 is 2.10 bits per heavy atom. The van der Waals surface area contributed by atoms with Gasteiger partial charge in [-0.05, 0) is 6.07 Å². The Labute approximate surface area is 66.8 Å². The van der Waals surface area contributed by atoms with Gasteiger partial charge in [0, 0.05) is 11.6 Å². The van der Waals surface area contributed by atoms with Crippen LogP contribution in [0.1, 0.15) is 0 Å². The zero-order valence-electron chi connectivity index (χ0n) is 5.16. The second-order valence-electron chi connectivity index (χ2n) is 2.08. The molecule has 0 aliphatic rings. The maximum absolute atomic E-state index is 4.15. The molecular formula is C7H5BrN2. The number of hydrogen-bond donors (Lipinski definition) is 0. The van der Waals surface area contributed by atoms with Crippen molar-refractivity contribution in [1.82, 2.24) is 8.81 Å². The van der Waals surface area contributed by atoms with Crippen molar-refractivity contribution in [1.29, 1.82) is 0 Å². The van der Waals surface area contributed by atoms with E-state index in [1.807, 2.05) is 30.5 Å². The van der Waals surface area contributed by atoms with Gasteiger partial charge in [-0.1, -0.05) is 18.2 Å². The SMILES string of the molecule is Brn1cc2ccccc2n1. The van der Waals surface area contributed by atoms with Gasteiger partial charge in [-0.15, -0.1) is 0 Å². The molecule has 10 heavy (non-hydrogen) atoms. The molecule has 0 spiro atoms. The van der Waals surface area contributed by atoms with E-state index in [1.165, 1.54) is 0 Å². The number of nitrogens with zero attached hydrogens (tertiary/aromatic N) is 2. The molecule has 2 aromatic rings. The largest absolute Gasteiger partial charge is 0.204 e. The van der Waals surface area contributed by atoms with Gasteiger partial charge in [-0.3, -0.25) is 0 Å². The number of hydrogen-bond acceptors (Lipinski definition) is 1. The molecule has 3 heteroatoms. The molecule has 1 aromatic heterocycles. The van der Waals surface area contributed by atoms with Crippen LogP contribution in [0.15, 0.2) is 30.5 Å². The standard InChI is InChI=1S/C7H5BrN2/c8-10-5-6-3-1-2-4-7(6)9-10/h1-5H. The third kappa shape index (κ3) is 0.827. The second kappa shape index (κ2) is 2.09. The van der Waals surface area contributed by atoms with Gasteiger partial charge in [0.2, 0.25) is 0 Å². The van der Waals surface area contributed by atoms with Crippen LogP contribution >= 0.6 is 16.1 Å². The number of halogens is 1. The Kier molecular flexibility index (Phi) is 1.24. The normalized spacial score (nSPS) is 10.5. The number of aromatic nitrogens is 2. The van der Waals surface area contributed by atoms with Crippen LogP contribution in [0.2, 0.25) is 0 Å². The van der Waals surface area contributed by atoms with Gasteiger partial charge in [-0.2, -0.15) is 5.10 Å². The second-order valence-corrected chi connectivity index (χ2v) is 2.80. The summed E-state index contributed by atoms with van der Waals surface area (Å²) in [6, 6.07) is 7.98. The highest BCUT2D eigenvalue weighted by molar-refractivity contribution is 9.08. The zero-order chi connectivity index (χ0) is 6.97. The average molecular weight is 197 g/mol. The topological polar surface area (TPSA) is 17.8 Å². The molecule has 0 atom stereocenters. The lowest BCUT2D eigenvalue weighted by Gasteiger charge is -1.80. The maximum Gasteiger partial charge on any atom is 0.0933 e. The first kappa shape index (κ1) is 5.92. The van der Waals surface area contributed by atoms with Crippen molar-refractivity contribution in [2.24, 2.45) is 0 Å². The van der Waals surface area contributed by atoms with Crippen molar-refractivity contribution in [3.8, 4) is 0 Å². The molecule has 0 radical (unpaired) electrons. The molecule has 0 aliphatic carbocycles. The number of fused-ring (bicyclic) bond motifs is 1. The molecule has 0 N–H and O–H groups in total. The van der Waals surface area contributed by atoms with E-state index in [9.17, 15) is 0 Å². The van der Waals surface area contributed by atoms with Crippen LogP contribution in [0, 0.1) is 0 Å². The van der Waals surface area contributed by atoms with E-state index in [-0.39, 0.29) is 0 Å². The van der Waals surface area contributed by atoms with E-state index in [4.69, 9.17) is 0 Å². The smallest absolute Gasteiger partial charge is 0.0933 e. The predicted molar refractivity (Wildman–Crippen MR) is 44.1 cm³/mol. The molecule has 0 saturated carbocycles. The Balaban J connectivity index is 2.88. The van der Waals surface area contributed by atoms with Crippen LogP contribution in [0.4, 0.5) is 0 Å². The fourth-order valence-corrected chi connectivity index (χ4v) is 1.33. The van der Waals surface area contributed by atoms with Gasteiger partial charge >= 0.3 is 0 Å². The summed E-state index contributed by atoms with van der Waals surface area (Å²) >= 11 is 3.23. The lowest BCUT2D eigenvalue weighted by molar-refractivity contribution is 1.06. The summed E-state index contributed by atoms with van der Waals surface area (Å²) in [6.45, 7) is 0. The first-order valence-corrected chi connectivity index (χ1v) is 3.68. The van der Waals surface area contributed by atoms with E-state index < -0.39 is 0 Å². The van der Waals surface area contributed by atoms with Crippen LogP contribution in [-0.4, -0.2) is 8.81 Å². The van der Waals surface area contributed by atoms with Crippen molar-refractivity contribution in [2.45, 2.75) is 0 Å². The molecule has 0 amide bonds. The minimum absolute atomic E-state index is 1.01. The Bertz CT molecular complexity index is 320. The van der Waals surface area contributed by atoms with Crippen LogP contribution in [0.5, 0.6) is 0 Å². The van der Waals surface area contributed by atoms with Crippen LogP contribution in [0.25, 0.3) is 10.9 Å². The monoisotopic (exact) mass is 196 g/mol. The summed E-state index contributed by atoms with van der Waals surface area (Å²) in [5.41, 5.74) is 1.01. The lowest BCUT2D eigenvalue weighted by Crippen LogP contribution is -1.74. The highest BCUT2D eigenvalue weighted by Crippen LogP contribution is 2.11. The van der Waals surface area contributed by atoms with Gasteiger partial charge in [0.1, 0.15) is 0 Å². The lowest BCUT2D eigenvalue weighted by atomic mass is 10.3. The highest BCUT2D eigenvalue weighted by atomic mass is 79.9. The van der Waals surface area contributed by atoms with Gasteiger partial charge < -0.3 is 0 Å². The third-order valence-electron chi connectivity index (χ3n) is 1.39. The molecule has 1 heterocycles. The quantitative estimate of drug-likeness (QED) is 0.632. The molecule has 0 unspecified atom stereocenters. The first-order chi connectivity index (χ1) is 4.86. The zero-order valence-corrected chi connectivity index (χ0v) is 6.75. The summed E-state index contributed by atoms with van der Waals surface area (Å²) in [5, 5.41) is 5.30. The fraction of sp³-hybridized carbons (Fsp3) is 0. The number of benzene rings is 1. The van der Waals surface area contributed by atoms with Gasteiger partial charge in [0.25, 0.3) is 0 Å². The molecule has 1 aromatic carbocycles. The molecule has 0 saturated heterocycles. The van der Waals surface area contributed by atoms with Crippen molar-refractivity contribution in [3.05, 3.63) is 30.5 Å². The minimum Gasteiger partial charge on any atom is -0.204 e. The molecule has 0 fully saturated rings. The van der Waals surface area contributed by atoms with Crippen LogP contribution in [-0.2, 0) is 0 Å². The van der Waals surface area contributed by atoms with E-state index >= 15 is 0 Å². The third-order valence-corrected chi connectivity index (χ3v) is 1.75. The van der Waals surface area contributed by atoms with Gasteiger partial charge in [0.15, 0.2) is 0 Å². The summed E-state index contributed by atoms with van der Waals surface area (Å²) in [5.74, 6) is 0. The van der Waals surface area contributed by atoms with E-state index in [0.29, 0.717) is 0 Å². The molecule has 2 nitrogen and oxygen atoms in total. The summed E-state index contributed by atoms with van der Waals surface area (Å²) < 4.78 is 1.64. The molecule has 50 valence electrons. The van der Waals surface area contributed by atoms with E-state index in [0.717, 1.165) is 10.9 Å². The highest BCUT2D eigenvalue weighted by Gasteiger charge is 1.94. The average Bonchev–Trinajstić information content (AvgIpc) is 2.27. The van der Waals surface area contributed by atoms with Crippen LogP contribution < -0.4 is 0 Å². The molecule has 0 bridgehead atoms. The minimum atomic E-state index is 1.01. The van der Waals surface area contributed by atoms with Crippen molar-refractivity contribution in [2.75, 3.05) is 0 Å². The van der Waals surface area contributed by atoms with Crippen molar-refractivity contribution < 1.29 is 0 Å². The molecule has 0 aliphatic heterocycles. The Morgan fingerprint density at radius 1 is 1.30 bits per heavy atom. The number of rotatable bonds is 0. The van der Waals surface area contributed by atoms with E-state index in [1.54, 1.807) is 3.71 Å². The Hall–Kier alpha value is -0.830. The van der Waals surface area contributed by atoms with Crippen molar-refractivity contribution in [3.63, 3.8) is 0 Å². The summed E-state index contributed by atoms with van der Waals surface area (Å²) in [6.07, 6.45) is 1.93. The Morgan fingerprint density at radius 3 is 2.90 bits per heavy atom. The molecular weight excluding hydrogens is 192 g/mol. The molecule has 2 rings (SSSR count). The van der Waals surface area contributed by atoms with Crippen molar-refractivity contribution >= 4 is 27.1 Å². The maximum atomic E-state index is 4.15. The van der Waals surface area contributed by atoms with Gasteiger partial charge in [-0.25, -0.2) is 3.71 Å². The summed E-state index contributed by atoms with van der Waals surface area (Å²) in [7, 11) is 0.